The molecule has 0 saturated carbocycles. The van der Waals surface area contributed by atoms with Gasteiger partial charge in [0.25, 0.3) is 0 Å². The van der Waals surface area contributed by atoms with Gasteiger partial charge >= 0.3 is 5.97 Å². The highest BCUT2D eigenvalue weighted by Gasteiger charge is 2.06. The summed E-state index contributed by atoms with van der Waals surface area (Å²) in [5.41, 5.74) is 0.430. The van der Waals surface area contributed by atoms with Crippen molar-refractivity contribution in [1.29, 1.82) is 0 Å². The average Bonchev–Trinajstić information content (AvgIpc) is 2.38. The second kappa shape index (κ2) is 7.71. The van der Waals surface area contributed by atoms with Crippen LogP contribution >= 0.6 is 0 Å². The highest BCUT2D eigenvalue weighted by Crippen LogP contribution is 2.23. The largest absolute Gasteiger partial charge is 0.480 e. The molecule has 0 aliphatic carbocycles. The third-order valence-corrected chi connectivity index (χ3v) is 2.05. The second-order valence-corrected chi connectivity index (χ2v) is 3.55. The number of aliphatic carboxylic acids is 1. The predicted octanol–water partition coefficient (Wildman–Crippen LogP) is 2.22. The minimum Gasteiger partial charge on any atom is -0.480 e. The number of carbonyl (C=O) groups excluding carboxylic acids is 1. The van der Waals surface area contributed by atoms with E-state index in [0.29, 0.717) is 11.4 Å². The molecule has 0 heterocycles. The van der Waals surface area contributed by atoms with Crippen LogP contribution in [0.3, 0.4) is 0 Å². The molecule has 1 amide bonds. The Kier molecular flexibility index (Phi) is 5.88. The summed E-state index contributed by atoms with van der Waals surface area (Å²) < 4.78 is 5.07. The molecule has 5 heteroatoms. The summed E-state index contributed by atoms with van der Waals surface area (Å²) in [6.07, 6.45) is 6.50. The van der Waals surface area contributed by atoms with Gasteiger partial charge in [-0.2, -0.15) is 0 Å². The molecule has 0 spiro atoms. The molecule has 1 aromatic rings. The number of amides is 1. The second-order valence-electron chi connectivity index (χ2n) is 3.55. The Hall–Kier alpha value is -2.56. The van der Waals surface area contributed by atoms with Gasteiger partial charge in [0, 0.05) is 6.08 Å². The number of ether oxygens (including phenoxy) is 1. The molecule has 5 nitrogen and oxygen atoms in total. The Labute approximate surface area is 111 Å². The molecule has 19 heavy (non-hydrogen) atoms. The Morgan fingerprint density at radius 1 is 1.32 bits per heavy atom. The number of para-hydroxylation sites is 2. The summed E-state index contributed by atoms with van der Waals surface area (Å²) >= 11 is 0. The van der Waals surface area contributed by atoms with Crippen molar-refractivity contribution in [2.75, 3.05) is 11.9 Å². The minimum absolute atomic E-state index is 0.315. The lowest BCUT2D eigenvalue weighted by Gasteiger charge is -2.09. The fourth-order valence-corrected chi connectivity index (χ4v) is 1.26. The third-order valence-electron chi connectivity index (χ3n) is 2.05. The van der Waals surface area contributed by atoms with Crippen LogP contribution in [0.4, 0.5) is 5.69 Å². The quantitative estimate of drug-likeness (QED) is 0.608. The normalized spacial score (nSPS) is 10.8. The van der Waals surface area contributed by atoms with Gasteiger partial charge in [-0.15, -0.1) is 0 Å². The van der Waals surface area contributed by atoms with E-state index in [-0.39, 0.29) is 5.91 Å². The van der Waals surface area contributed by atoms with Crippen molar-refractivity contribution >= 4 is 17.6 Å². The van der Waals surface area contributed by atoms with Crippen molar-refractivity contribution in [2.24, 2.45) is 0 Å². The summed E-state index contributed by atoms with van der Waals surface area (Å²) in [5.74, 6) is -1.07. The SMILES string of the molecule is CC=CC=CC(=O)Nc1ccccc1OCC(=O)O. The van der Waals surface area contributed by atoms with Gasteiger partial charge in [0.2, 0.25) is 5.91 Å². The number of benzene rings is 1. The lowest BCUT2D eigenvalue weighted by atomic mass is 10.3. The van der Waals surface area contributed by atoms with Crippen molar-refractivity contribution in [3.8, 4) is 5.75 Å². The number of rotatable bonds is 6. The van der Waals surface area contributed by atoms with Crippen LogP contribution in [-0.4, -0.2) is 23.6 Å². The lowest BCUT2D eigenvalue weighted by Crippen LogP contribution is -2.13. The third kappa shape index (κ3) is 5.54. The smallest absolute Gasteiger partial charge is 0.341 e. The summed E-state index contributed by atoms with van der Waals surface area (Å²) in [6.45, 7) is 1.39. The van der Waals surface area contributed by atoms with Crippen LogP contribution in [0.5, 0.6) is 5.75 Å². The first kappa shape index (κ1) is 14.5. The molecule has 0 atom stereocenters. The molecule has 0 radical (unpaired) electrons. The summed E-state index contributed by atoms with van der Waals surface area (Å²) in [5, 5.41) is 11.2. The molecule has 0 unspecified atom stereocenters. The van der Waals surface area contributed by atoms with Gasteiger partial charge in [-0.25, -0.2) is 4.79 Å². The van der Waals surface area contributed by atoms with Crippen LogP contribution < -0.4 is 10.1 Å². The first-order valence-electron chi connectivity index (χ1n) is 5.67. The Morgan fingerprint density at radius 3 is 2.74 bits per heavy atom. The van der Waals surface area contributed by atoms with Crippen LogP contribution in [0.25, 0.3) is 0 Å². The van der Waals surface area contributed by atoms with E-state index in [2.05, 4.69) is 5.32 Å². The van der Waals surface area contributed by atoms with Crippen LogP contribution in [-0.2, 0) is 9.59 Å². The van der Waals surface area contributed by atoms with Crippen LogP contribution in [0, 0.1) is 0 Å². The number of carbonyl (C=O) groups is 2. The maximum atomic E-state index is 11.6. The number of allylic oxidation sites excluding steroid dienone is 3. The molecule has 100 valence electrons. The monoisotopic (exact) mass is 261 g/mol. The fraction of sp³-hybridized carbons (Fsp3) is 0.143. The fourth-order valence-electron chi connectivity index (χ4n) is 1.26. The van der Waals surface area contributed by atoms with Crippen molar-refractivity contribution in [2.45, 2.75) is 6.92 Å². The molecule has 0 fully saturated rings. The zero-order chi connectivity index (χ0) is 14.1. The molecule has 1 rings (SSSR count). The van der Waals surface area contributed by atoms with E-state index in [1.807, 2.05) is 6.92 Å². The van der Waals surface area contributed by atoms with Crippen LogP contribution in [0.15, 0.2) is 48.6 Å². The minimum atomic E-state index is -1.07. The van der Waals surface area contributed by atoms with Crippen molar-refractivity contribution in [1.82, 2.24) is 0 Å². The standard InChI is InChI=1S/C14H15NO4/c1-2-3-4-9-13(16)15-11-7-5-6-8-12(11)19-10-14(17)18/h2-9H,10H2,1H3,(H,15,16)(H,17,18). The van der Waals surface area contributed by atoms with Crippen molar-refractivity contribution in [3.05, 3.63) is 48.6 Å². The lowest BCUT2D eigenvalue weighted by molar-refractivity contribution is -0.139. The van der Waals surface area contributed by atoms with E-state index in [1.165, 1.54) is 6.08 Å². The van der Waals surface area contributed by atoms with E-state index in [9.17, 15) is 9.59 Å². The zero-order valence-corrected chi connectivity index (χ0v) is 10.5. The number of anilines is 1. The Morgan fingerprint density at radius 2 is 2.05 bits per heavy atom. The highest BCUT2D eigenvalue weighted by molar-refractivity contribution is 6.00. The topological polar surface area (TPSA) is 75.6 Å². The molecule has 1 aromatic carbocycles. The van der Waals surface area contributed by atoms with Crippen molar-refractivity contribution in [3.63, 3.8) is 0 Å². The van der Waals surface area contributed by atoms with E-state index in [4.69, 9.17) is 9.84 Å². The summed E-state index contributed by atoms with van der Waals surface area (Å²) in [4.78, 5) is 22.0. The van der Waals surface area contributed by atoms with E-state index in [1.54, 1.807) is 42.5 Å². The number of hydrogen-bond acceptors (Lipinski definition) is 3. The van der Waals surface area contributed by atoms with Crippen LogP contribution in [0.1, 0.15) is 6.92 Å². The molecule has 0 aliphatic heterocycles. The molecule has 0 aliphatic rings. The van der Waals surface area contributed by atoms with Gasteiger partial charge in [-0.05, 0) is 19.1 Å². The van der Waals surface area contributed by atoms with Crippen molar-refractivity contribution < 1.29 is 19.4 Å². The van der Waals surface area contributed by atoms with E-state index < -0.39 is 12.6 Å². The maximum Gasteiger partial charge on any atom is 0.341 e. The molecule has 2 N–H and O–H groups in total. The average molecular weight is 261 g/mol. The van der Waals surface area contributed by atoms with Gasteiger partial charge < -0.3 is 15.2 Å². The molecule has 0 saturated heterocycles. The zero-order valence-electron chi connectivity index (χ0n) is 10.5. The molecular formula is C14H15NO4. The van der Waals surface area contributed by atoms with Gasteiger partial charge in [0.05, 0.1) is 5.69 Å². The predicted molar refractivity (Wildman–Crippen MR) is 72.2 cm³/mol. The molecule has 0 bridgehead atoms. The first-order chi connectivity index (χ1) is 9.13. The number of carboxylic acids is 1. The summed E-state index contributed by atoms with van der Waals surface area (Å²) in [7, 11) is 0. The molecular weight excluding hydrogens is 246 g/mol. The molecule has 0 aromatic heterocycles. The van der Waals surface area contributed by atoms with Gasteiger partial charge in [0.1, 0.15) is 5.75 Å². The highest BCUT2D eigenvalue weighted by atomic mass is 16.5. The number of carboxylic acid groups (broad SMARTS) is 1. The maximum absolute atomic E-state index is 11.6. The van der Waals surface area contributed by atoms with E-state index in [0.717, 1.165) is 0 Å². The van der Waals surface area contributed by atoms with Gasteiger partial charge in [0.15, 0.2) is 6.61 Å². The van der Waals surface area contributed by atoms with Gasteiger partial charge in [-0.3, -0.25) is 4.79 Å². The van der Waals surface area contributed by atoms with Crippen LogP contribution in [0.2, 0.25) is 0 Å². The first-order valence-corrected chi connectivity index (χ1v) is 5.67. The number of nitrogens with one attached hydrogen (secondary N) is 1. The summed E-state index contributed by atoms with van der Waals surface area (Å²) in [6, 6.07) is 6.65. The van der Waals surface area contributed by atoms with Gasteiger partial charge in [-0.1, -0.05) is 30.4 Å². The Bertz CT molecular complexity index is 506. The number of hydrogen-bond donors (Lipinski definition) is 2. The Balaban J connectivity index is 2.71. The van der Waals surface area contributed by atoms with E-state index >= 15 is 0 Å².